The number of nitrogens with one attached hydrogen (secondary N) is 2. The average molecular weight is 324 g/mol. The molecule has 0 spiro atoms. The fourth-order valence-corrected chi connectivity index (χ4v) is 2.19. The van der Waals surface area contributed by atoms with E-state index >= 15 is 0 Å². The van der Waals surface area contributed by atoms with Crippen molar-refractivity contribution in [2.45, 2.75) is 0 Å². The number of nitrogens with zero attached hydrogens (tertiary/aromatic N) is 1. The number of amides is 1. The van der Waals surface area contributed by atoms with Gasteiger partial charge in [-0.25, -0.2) is 0 Å². The van der Waals surface area contributed by atoms with Crippen LogP contribution >= 0.6 is 11.6 Å². The van der Waals surface area contributed by atoms with Gasteiger partial charge < -0.3 is 0 Å². The molecular weight excluding hydrogens is 310 g/mol. The Hall–Kier alpha value is -2.85. The summed E-state index contributed by atoms with van der Waals surface area (Å²) in [5.41, 5.74) is 7.95. The number of aromatic nitrogens is 1. The molecule has 0 atom stereocenters. The number of hydrazine groups is 1. The van der Waals surface area contributed by atoms with Crippen LogP contribution in [0.1, 0.15) is 5.56 Å². The lowest BCUT2D eigenvalue weighted by molar-refractivity contribution is -0.115. The normalized spacial score (nSPS) is 10.8. The summed E-state index contributed by atoms with van der Waals surface area (Å²) in [5.74, 6) is -0.256. The Bertz CT molecular complexity index is 860. The molecule has 2 N–H and O–H groups in total. The second-order valence-corrected chi connectivity index (χ2v) is 5.35. The maximum Gasteiger partial charge on any atom is 0.262 e. The van der Waals surface area contributed by atoms with Gasteiger partial charge in [0.1, 0.15) is 0 Å². The lowest BCUT2D eigenvalue weighted by atomic mass is 10.1. The van der Waals surface area contributed by atoms with Gasteiger partial charge in [-0.05, 0) is 48.0 Å². The fraction of sp³-hybridized carbons (Fsp3) is 0. The first kappa shape index (κ1) is 15.1. The Morgan fingerprint density at radius 2 is 1.87 bits per heavy atom. The number of hydrogen-bond donors (Lipinski definition) is 2. The Labute approximate surface area is 138 Å². The maximum absolute atomic E-state index is 11.8. The van der Waals surface area contributed by atoms with Crippen LogP contribution in [0.3, 0.4) is 0 Å². The Morgan fingerprint density at radius 1 is 1.09 bits per heavy atom. The first-order valence-electron chi connectivity index (χ1n) is 7.05. The van der Waals surface area contributed by atoms with Crippen molar-refractivity contribution in [2.75, 3.05) is 5.43 Å². The van der Waals surface area contributed by atoms with Crippen LogP contribution in [0.15, 0.2) is 66.9 Å². The highest BCUT2D eigenvalue weighted by molar-refractivity contribution is 6.30. The van der Waals surface area contributed by atoms with E-state index in [2.05, 4.69) is 15.8 Å². The molecule has 0 aliphatic rings. The van der Waals surface area contributed by atoms with Crippen molar-refractivity contribution >= 4 is 40.2 Å². The van der Waals surface area contributed by atoms with Gasteiger partial charge in [-0.1, -0.05) is 29.8 Å². The summed E-state index contributed by atoms with van der Waals surface area (Å²) in [6.07, 6.45) is 4.91. The molecule has 5 heteroatoms. The standard InChI is InChI=1S/C18H14ClN3O/c19-15-6-8-16(9-7-15)21-22-18(23)10-5-13-11-14-3-1-2-4-17(14)20-12-13/h1-12,21H,(H,22,23). The van der Waals surface area contributed by atoms with Crippen LogP contribution < -0.4 is 10.9 Å². The molecule has 0 unspecified atom stereocenters. The summed E-state index contributed by atoms with van der Waals surface area (Å²) in [6.45, 7) is 0. The van der Waals surface area contributed by atoms with E-state index in [4.69, 9.17) is 11.6 Å². The van der Waals surface area contributed by atoms with Gasteiger partial charge in [0.2, 0.25) is 0 Å². The Kier molecular flexibility index (Phi) is 4.54. The van der Waals surface area contributed by atoms with E-state index in [0.717, 1.165) is 22.2 Å². The van der Waals surface area contributed by atoms with Gasteiger partial charge in [-0.2, -0.15) is 0 Å². The first-order valence-corrected chi connectivity index (χ1v) is 7.43. The third kappa shape index (κ3) is 4.08. The second kappa shape index (κ2) is 6.94. The highest BCUT2D eigenvalue weighted by Gasteiger charge is 1.98. The minimum absolute atomic E-state index is 0.256. The van der Waals surface area contributed by atoms with E-state index in [9.17, 15) is 4.79 Å². The number of fused-ring (bicyclic) bond motifs is 1. The van der Waals surface area contributed by atoms with Crippen molar-refractivity contribution in [3.8, 4) is 0 Å². The predicted octanol–water partition coefficient (Wildman–Crippen LogP) is 4.04. The summed E-state index contributed by atoms with van der Waals surface area (Å²) < 4.78 is 0. The summed E-state index contributed by atoms with van der Waals surface area (Å²) in [4.78, 5) is 16.2. The van der Waals surface area contributed by atoms with Crippen molar-refractivity contribution in [2.24, 2.45) is 0 Å². The molecule has 0 aliphatic carbocycles. The van der Waals surface area contributed by atoms with E-state index in [-0.39, 0.29) is 5.91 Å². The smallest absolute Gasteiger partial charge is 0.262 e. The van der Waals surface area contributed by atoms with Crippen LogP contribution in [-0.2, 0) is 4.79 Å². The minimum Gasteiger partial charge on any atom is -0.298 e. The molecule has 23 heavy (non-hydrogen) atoms. The number of para-hydroxylation sites is 1. The van der Waals surface area contributed by atoms with E-state index in [1.165, 1.54) is 6.08 Å². The first-order chi connectivity index (χ1) is 11.2. The molecule has 0 fully saturated rings. The number of anilines is 1. The summed E-state index contributed by atoms with van der Waals surface area (Å²) in [5, 5.41) is 1.68. The van der Waals surface area contributed by atoms with Crippen molar-refractivity contribution in [1.82, 2.24) is 10.4 Å². The van der Waals surface area contributed by atoms with Crippen molar-refractivity contribution in [3.05, 3.63) is 77.5 Å². The largest absolute Gasteiger partial charge is 0.298 e. The highest BCUT2D eigenvalue weighted by atomic mass is 35.5. The zero-order chi connectivity index (χ0) is 16.1. The van der Waals surface area contributed by atoms with E-state index in [0.29, 0.717) is 5.02 Å². The Morgan fingerprint density at radius 3 is 2.70 bits per heavy atom. The quantitative estimate of drug-likeness (QED) is 0.562. The van der Waals surface area contributed by atoms with Gasteiger partial charge in [0.15, 0.2) is 0 Å². The zero-order valence-corrected chi connectivity index (χ0v) is 12.9. The minimum atomic E-state index is -0.256. The number of benzene rings is 2. The van der Waals surface area contributed by atoms with Crippen molar-refractivity contribution in [3.63, 3.8) is 0 Å². The number of pyridine rings is 1. The molecule has 0 saturated heterocycles. The SMILES string of the molecule is O=C(C=Cc1cnc2ccccc2c1)NNc1ccc(Cl)cc1. The van der Waals surface area contributed by atoms with E-state index in [1.807, 2.05) is 30.3 Å². The number of hydrogen-bond acceptors (Lipinski definition) is 3. The molecular formula is C18H14ClN3O. The lowest BCUT2D eigenvalue weighted by Crippen LogP contribution is -2.27. The van der Waals surface area contributed by atoms with E-state index in [1.54, 1.807) is 36.5 Å². The van der Waals surface area contributed by atoms with Crippen LogP contribution in [0.5, 0.6) is 0 Å². The average Bonchev–Trinajstić information content (AvgIpc) is 2.59. The molecule has 4 nitrogen and oxygen atoms in total. The second-order valence-electron chi connectivity index (χ2n) is 4.92. The van der Waals surface area contributed by atoms with Crippen LogP contribution in [0, 0.1) is 0 Å². The van der Waals surface area contributed by atoms with E-state index < -0.39 is 0 Å². The van der Waals surface area contributed by atoms with Gasteiger partial charge in [-0.15, -0.1) is 0 Å². The molecule has 1 heterocycles. The number of halogens is 1. The molecule has 3 rings (SSSR count). The lowest BCUT2D eigenvalue weighted by Gasteiger charge is -2.06. The third-order valence-electron chi connectivity index (χ3n) is 3.21. The molecule has 0 radical (unpaired) electrons. The molecule has 0 saturated carbocycles. The van der Waals surface area contributed by atoms with Crippen LogP contribution in [0.4, 0.5) is 5.69 Å². The van der Waals surface area contributed by atoms with Crippen LogP contribution in [0.25, 0.3) is 17.0 Å². The third-order valence-corrected chi connectivity index (χ3v) is 3.47. The molecule has 1 aromatic heterocycles. The molecule has 2 aromatic carbocycles. The highest BCUT2D eigenvalue weighted by Crippen LogP contribution is 2.14. The van der Waals surface area contributed by atoms with Crippen molar-refractivity contribution in [1.29, 1.82) is 0 Å². The molecule has 1 amide bonds. The van der Waals surface area contributed by atoms with Gasteiger partial charge in [0.05, 0.1) is 11.2 Å². The molecule has 3 aromatic rings. The molecule has 0 aliphatic heterocycles. The van der Waals surface area contributed by atoms with Crippen LogP contribution in [-0.4, -0.2) is 10.9 Å². The fourth-order valence-electron chi connectivity index (χ4n) is 2.06. The predicted molar refractivity (Wildman–Crippen MR) is 94.0 cm³/mol. The number of carbonyl (C=O) groups is 1. The summed E-state index contributed by atoms with van der Waals surface area (Å²) in [6, 6.07) is 16.9. The zero-order valence-electron chi connectivity index (χ0n) is 12.2. The number of rotatable bonds is 4. The van der Waals surface area contributed by atoms with Gasteiger partial charge in [0, 0.05) is 22.7 Å². The summed E-state index contributed by atoms with van der Waals surface area (Å²) >= 11 is 5.80. The van der Waals surface area contributed by atoms with Gasteiger partial charge >= 0.3 is 0 Å². The van der Waals surface area contributed by atoms with Crippen LogP contribution in [0.2, 0.25) is 5.02 Å². The summed E-state index contributed by atoms with van der Waals surface area (Å²) in [7, 11) is 0. The monoisotopic (exact) mass is 323 g/mol. The number of carbonyl (C=O) groups excluding carboxylic acids is 1. The van der Waals surface area contributed by atoms with Gasteiger partial charge in [-0.3, -0.25) is 20.6 Å². The van der Waals surface area contributed by atoms with Gasteiger partial charge in [0.25, 0.3) is 5.91 Å². The van der Waals surface area contributed by atoms with Crippen molar-refractivity contribution < 1.29 is 4.79 Å². The molecule has 0 bridgehead atoms. The molecule has 114 valence electrons. The Balaban J connectivity index is 1.61. The maximum atomic E-state index is 11.8. The topological polar surface area (TPSA) is 54.0 Å².